The highest BCUT2D eigenvalue weighted by molar-refractivity contribution is 6.71. The highest BCUT2D eigenvalue weighted by Crippen LogP contribution is 2.69. The molecule has 1 fully saturated rings. The molecule has 0 unspecified atom stereocenters. The number of pyridine rings is 1. The number of nitrogens with zero attached hydrogens (tertiary/aromatic N) is 3. The van der Waals surface area contributed by atoms with Crippen LogP contribution >= 0.6 is 23.2 Å². The summed E-state index contributed by atoms with van der Waals surface area (Å²) in [5.74, 6) is -2.95. The number of carbonyl (C=O) groups excluding carboxylic acids is 2. The summed E-state index contributed by atoms with van der Waals surface area (Å²) in [5.41, 5.74) is 5.19. The Bertz CT molecular complexity index is 1640. The van der Waals surface area contributed by atoms with Gasteiger partial charge in [-0.05, 0) is 47.1 Å². The van der Waals surface area contributed by atoms with Gasteiger partial charge in [0.1, 0.15) is 5.82 Å². The van der Waals surface area contributed by atoms with Crippen molar-refractivity contribution in [2.24, 2.45) is 5.73 Å². The molecule has 4 rings (SSSR count). The van der Waals surface area contributed by atoms with Crippen molar-refractivity contribution in [1.82, 2.24) is 4.98 Å². The van der Waals surface area contributed by atoms with E-state index < -0.39 is 49.5 Å². The first kappa shape index (κ1) is 34.4. The van der Waals surface area contributed by atoms with E-state index in [4.69, 9.17) is 107 Å². The molecule has 6 nitrogen and oxygen atoms in total. The van der Waals surface area contributed by atoms with E-state index in [1.165, 1.54) is 49.6 Å². The molecule has 0 aliphatic carbocycles. The van der Waals surface area contributed by atoms with E-state index in [1.807, 2.05) is 0 Å². The number of anilines is 2. The minimum atomic E-state index is -2.60. The average Bonchev–Trinajstić information content (AvgIpc) is 2.91. The average molecular weight is 599 g/mol. The predicted octanol–water partition coefficient (Wildman–Crippen LogP) is 0.731. The molecule has 19 heteroatoms. The van der Waals surface area contributed by atoms with Crippen LogP contribution in [0.25, 0.3) is 11.1 Å². The van der Waals surface area contributed by atoms with Gasteiger partial charge in [0, 0.05) is 35.0 Å². The number of carbonyl (C=O) groups is 2. The van der Waals surface area contributed by atoms with Crippen molar-refractivity contribution in [3.63, 3.8) is 0 Å². The van der Waals surface area contributed by atoms with Crippen molar-refractivity contribution in [3.05, 3.63) is 75.7 Å². The van der Waals surface area contributed by atoms with Crippen molar-refractivity contribution in [2.45, 2.75) is 26.3 Å². The summed E-state index contributed by atoms with van der Waals surface area (Å²) in [7, 11) is 65.0. The number of benzene rings is 2. The van der Waals surface area contributed by atoms with Gasteiger partial charge in [0.25, 0.3) is 5.91 Å². The second-order valence-electron chi connectivity index (χ2n) is 10.7. The van der Waals surface area contributed by atoms with Crippen LogP contribution in [0.2, 0.25) is 25.7 Å². The summed E-state index contributed by atoms with van der Waals surface area (Å²) < 4.78 is 14.8. The lowest BCUT2D eigenvalue weighted by atomic mass is 9.05. The smallest absolute Gasteiger partial charge is 0.263 e. The second kappa shape index (κ2) is 11.1. The maximum absolute atomic E-state index is 14.8. The third-order valence-electron chi connectivity index (χ3n) is 7.88. The van der Waals surface area contributed by atoms with Crippen LogP contribution in [0.15, 0.2) is 48.7 Å². The molecule has 44 heavy (non-hydrogen) atoms. The van der Waals surface area contributed by atoms with Gasteiger partial charge in [0.2, 0.25) is 5.91 Å². The Labute approximate surface area is 278 Å². The minimum absolute atomic E-state index is 0.0930. The summed E-state index contributed by atoms with van der Waals surface area (Å²) in [6, 6.07) is 9.18. The van der Waals surface area contributed by atoms with E-state index in [9.17, 15) is 14.0 Å². The third kappa shape index (κ3) is 4.88. The monoisotopic (exact) mass is 600 g/mol. The van der Waals surface area contributed by atoms with Gasteiger partial charge in [-0.15, -0.1) is 15.6 Å². The van der Waals surface area contributed by atoms with E-state index in [0.29, 0.717) is 0 Å². The second-order valence-corrected chi connectivity index (χ2v) is 11.5. The number of nitrogens with two attached hydrogens (primary N) is 1. The number of rotatable bonds is 5. The molecule has 1 saturated heterocycles. The van der Waals surface area contributed by atoms with Gasteiger partial charge in [-0.2, -0.15) is 0 Å². The number of hydrogen-bond acceptors (Lipinski definition) is 4. The zero-order valence-electron chi connectivity index (χ0n) is 23.3. The molecule has 196 valence electrons. The van der Waals surface area contributed by atoms with Crippen LogP contribution in [-0.2, 0) is 0 Å². The van der Waals surface area contributed by atoms with Gasteiger partial charge >= 0.3 is 0 Å². The van der Waals surface area contributed by atoms with E-state index in [2.05, 4.69) is 4.98 Å². The van der Waals surface area contributed by atoms with Crippen molar-refractivity contribution >= 4 is 125 Å². The molecule has 2 aromatic carbocycles. The summed E-state index contributed by atoms with van der Waals surface area (Å²) in [5, 5.41) is -12.9. The fourth-order valence-electron chi connectivity index (χ4n) is 4.96. The van der Waals surface area contributed by atoms with E-state index in [0.717, 1.165) is 15.9 Å². The Balaban J connectivity index is 2.08. The van der Waals surface area contributed by atoms with Crippen LogP contribution in [0.3, 0.4) is 0 Å². The lowest BCUT2D eigenvalue weighted by Crippen LogP contribution is -2.81. The zero-order valence-corrected chi connectivity index (χ0v) is 24.8. The molecule has 0 bridgehead atoms. The van der Waals surface area contributed by atoms with Crippen molar-refractivity contribution in [2.75, 3.05) is 16.8 Å². The zero-order chi connectivity index (χ0) is 33.4. The Morgan fingerprint density at radius 3 is 1.95 bits per heavy atom. The van der Waals surface area contributed by atoms with Gasteiger partial charge < -0.3 is 10.6 Å². The molecule has 20 radical (unpaired) electrons. The normalized spacial score (nSPS) is 19.1. The molecule has 2 heterocycles. The molecule has 1 aliphatic heterocycles. The van der Waals surface area contributed by atoms with Crippen LogP contribution in [-0.4, -0.2) is 113 Å². The largest absolute Gasteiger partial charge is 0.394 e. The molecule has 0 spiro atoms. The molecule has 1 aromatic heterocycles. The number of piperidine rings is 1. The molecule has 3 aromatic rings. The highest BCUT2D eigenvalue weighted by Gasteiger charge is 2.64. The highest BCUT2D eigenvalue weighted by atomic mass is 35.5. The standard InChI is InChI=1S/C25H13B10Cl2FN4O2/c1-41(20(44)17-14(37)3-2-4-15(17)38)19-16(8-11(9-40-19)12-7-10(18(39)43)5-6-13(12)36)42-24(32,33)22(28,29)21(26,27)23(30,31)25(42,34)35/h2-9H,1H3,(H2,39,43). The van der Waals surface area contributed by atoms with E-state index in [-0.39, 0.29) is 38.2 Å². The van der Waals surface area contributed by atoms with E-state index >= 15 is 0 Å². The SMILES string of the molecule is [B]C1([B])N(c2cc(-c3cc(C(N)=O)ccc3Cl)cnc2N(C)C(=O)c2c(F)cccc2Cl)C([B])([B])C([B])([B])C([B])([B])C1([B])[B]. The van der Waals surface area contributed by atoms with Crippen LogP contribution in [0, 0.1) is 5.82 Å². The fraction of sp³-hybridized carbons (Fsp3) is 0.240. The topological polar surface area (TPSA) is 79.5 Å². The van der Waals surface area contributed by atoms with Crippen LogP contribution < -0.4 is 15.5 Å². The lowest BCUT2D eigenvalue weighted by molar-refractivity contribution is 0.0984. The van der Waals surface area contributed by atoms with Crippen LogP contribution in [0.5, 0.6) is 0 Å². The van der Waals surface area contributed by atoms with Gasteiger partial charge in [-0.3, -0.25) is 14.5 Å². The first-order valence-corrected chi connectivity index (χ1v) is 13.3. The quantitative estimate of drug-likeness (QED) is 0.439. The Morgan fingerprint density at radius 2 is 1.43 bits per heavy atom. The van der Waals surface area contributed by atoms with Gasteiger partial charge in [-0.25, -0.2) is 9.37 Å². The Morgan fingerprint density at radius 1 is 0.864 bits per heavy atom. The molecular formula is C25H13B10Cl2FN4O2. The van der Waals surface area contributed by atoms with E-state index in [1.54, 1.807) is 0 Å². The maximum atomic E-state index is 14.8. The Kier molecular flexibility index (Phi) is 8.65. The summed E-state index contributed by atoms with van der Waals surface area (Å²) in [6.07, 6.45) is 1.26. The molecule has 2 amide bonds. The van der Waals surface area contributed by atoms with Crippen molar-refractivity contribution in [1.29, 1.82) is 0 Å². The first-order chi connectivity index (χ1) is 20.0. The fourth-order valence-corrected chi connectivity index (χ4v) is 5.43. The molecular weight excluding hydrogens is 586 g/mol. The minimum Gasteiger partial charge on any atom is -0.394 e. The Hall–Kier alpha value is -2.51. The number of primary amides is 1. The van der Waals surface area contributed by atoms with Crippen LogP contribution in [0.4, 0.5) is 15.9 Å². The van der Waals surface area contributed by atoms with Gasteiger partial charge in [0.15, 0.2) is 5.82 Å². The summed E-state index contributed by atoms with van der Waals surface area (Å²) in [4.78, 5) is 31.6. The third-order valence-corrected chi connectivity index (χ3v) is 8.53. The summed E-state index contributed by atoms with van der Waals surface area (Å²) >= 11 is 12.6. The molecule has 0 atom stereocenters. The predicted molar refractivity (Wildman–Crippen MR) is 181 cm³/mol. The van der Waals surface area contributed by atoms with Crippen LogP contribution in [0.1, 0.15) is 20.7 Å². The lowest BCUT2D eigenvalue weighted by Gasteiger charge is -2.79. The molecule has 1 aliphatic rings. The molecule has 2 N–H and O–H groups in total. The number of aromatic nitrogens is 1. The maximum Gasteiger partial charge on any atom is 0.263 e. The summed E-state index contributed by atoms with van der Waals surface area (Å²) in [6.45, 7) is 0. The number of hydrogen-bond donors (Lipinski definition) is 1. The first-order valence-electron chi connectivity index (χ1n) is 12.5. The number of amides is 2. The van der Waals surface area contributed by atoms with Crippen molar-refractivity contribution in [3.8, 4) is 11.1 Å². The van der Waals surface area contributed by atoms with Gasteiger partial charge in [-0.1, -0.05) is 29.3 Å². The number of halogens is 3. The van der Waals surface area contributed by atoms with Crippen molar-refractivity contribution < 1.29 is 14.0 Å². The van der Waals surface area contributed by atoms with Gasteiger partial charge in [0.05, 0.1) is 94.7 Å². The molecule has 0 saturated carbocycles.